The highest BCUT2D eigenvalue weighted by molar-refractivity contribution is 6.30. The summed E-state index contributed by atoms with van der Waals surface area (Å²) in [5.41, 5.74) is 2.16. The van der Waals surface area contributed by atoms with Crippen molar-refractivity contribution in [3.8, 4) is 5.88 Å². The van der Waals surface area contributed by atoms with Gasteiger partial charge in [-0.2, -0.15) is 0 Å². The fourth-order valence-corrected chi connectivity index (χ4v) is 3.93. The van der Waals surface area contributed by atoms with E-state index in [1.54, 1.807) is 6.20 Å². The van der Waals surface area contributed by atoms with Crippen LogP contribution in [0.4, 0.5) is 5.69 Å². The summed E-state index contributed by atoms with van der Waals surface area (Å²) >= 11 is 6.05. The zero-order valence-corrected chi connectivity index (χ0v) is 16.8. The van der Waals surface area contributed by atoms with Crippen molar-refractivity contribution in [1.29, 1.82) is 0 Å². The number of benzene rings is 1. The van der Waals surface area contributed by atoms with Crippen LogP contribution in [0.1, 0.15) is 56.6 Å². The van der Waals surface area contributed by atoms with Crippen LogP contribution in [0.3, 0.4) is 0 Å². The molecule has 1 aromatic heterocycles. The van der Waals surface area contributed by atoms with Crippen molar-refractivity contribution in [2.45, 2.75) is 57.8 Å². The molecule has 1 aliphatic carbocycles. The Morgan fingerprint density at radius 1 is 1.22 bits per heavy atom. The maximum atomic E-state index is 13.3. The van der Waals surface area contributed by atoms with Crippen molar-refractivity contribution in [2.75, 3.05) is 11.9 Å². The average Bonchev–Trinajstić information content (AvgIpc) is 2.68. The first-order chi connectivity index (χ1) is 13.0. The number of ether oxygens (including phenoxy) is 1. The molecule has 1 heterocycles. The first-order valence-corrected chi connectivity index (χ1v) is 10.1. The Kier molecular flexibility index (Phi) is 6.38. The van der Waals surface area contributed by atoms with Gasteiger partial charge in [0.05, 0.1) is 23.9 Å². The molecule has 2 aromatic rings. The summed E-state index contributed by atoms with van der Waals surface area (Å²) in [5, 5.41) is 3.79. The summed E-state index contributed by atoms with van der Waals surface area (Å²) in [4.78, 5) is 17.7. The lowest BCUT2D eigenvalue weighted by atomic mass is 9.68. The van der Waals surface area contributed by atoms with Crippen molar-refractivity contribution in [3.63, 3.8) is 0 Å². The van der Waals surface area contributed by atoms with Gasteiger partial charge < -0.3 is 10.1 Å². The number of carbonyl (C=O) groups is 1. The van der Waals surface area contributed by atoms with Gasteiger partial charge in [-0.25, -0.2) is 4.98 Å². The van der Waals surface area contributed by atoms with Gasteiger partial charge in [0.25, 0.3) is 0 Å². The molecular formula is C22H27ClN2O2. The first kappa shape index (κ1) is 19.7. The van der Waals surface area contributed by atoms with Gasteiger partial charge in [-0.3, -0.25) is 4.79 Å². The van der Waals surface area contributed by atoms with Crippen molar-refractivity contribution in [1.82, 2.24) is 4.98 Å². The summed E-state index contributed by atoms with van der Waals surface area (Å²) in [6.07, 6.45) is 7.59. The lowest BCUT2D eigenvalue weighted by Crippen LogP contribution is -2.42. The van der Waals surface area contributed by atoms with Crippen molar-refractivity contribution < 1.29 is 9.53 Å². The van der Waals surface area contributed by atoms with Gasteiger partial charge in [0.2, 0.25) is 11.8 Å². The van der Waals surface area contributed by atoms with E-state index in [4.69, 9.17) is 16.3 Å². The molecule has 3 rings (SSSR count). The van der Waals surface area contributed by atoms with Crippen LogP contribution in [0.2, 0.25) is 5.02 Å². The molecule has 0 spiro atoms. The molecule has 0 bridgehead atoms. The Labute approximate surface area is 166 Å². The molecule has 1 N–H and O–H groups in total. The standard InChI is InChI=1S/C22H27ClN2O2/c1-3-13-27-20-16(2)14-19(15-24-20)25-21(26)22(11-5-4-6-12-22)17-7-9-18(23)10-8-17/h7-10,14-15H,3-6,11-13H2,1-2H3,(H,25,26). The van der Waals surface area contributed by atoms with Gasteiger partial charge in [0.15, 0.2) is 0 Å². The van der Waals surface area contributed by atoms with E-state index in [9.17, 15) is 4.79 Å². The topological polar surface area (TPSA) is 51.2 Å². The number of rotatable bonds is 6. The Balaban J connectivity index is 1.83. The Hall–Kier alpha value is -2.07. The highest BCUT2D eigenvalue weighted by Gasteiger charge is 2.41. The minimum Gasteiger partial charge on any atom is -0.477 e. The van der Waals surface area contributed by atoms with E-state index in [-0.39, 0.29) is 5.91 Å². The number of amides is 1. The Bertz CT molecular complexity index is 783. The first-order valence-electron chi connectivity index (χ1n) is 9.72. The van der Waals surface area contributed by atoms with E-state index >= 15 is 0 Å². The third kappa shape index (κ3) is 4.44. The van der Waals surface area contributed by atoms with Crippen LogP contribution in [-0.4, -0.2) is 17.5 Å². The molecule has 1 fully saturated rings. The third-order valence-corrected chi connectivity index (χ3v) is 5.52. The molecule has 5 heteroatoms. The number of nitrogens with zero attached hydrogens (tertiary/aromatic N) is 1. The maximum absolute atomic E-state index is 13.3. The minimum absolute atomic E-state index is 0.0351. The SMILES string of the molecule is CCCOc1ncc(NC(=O)C2(c3ccc(Cl)cc3)CCCCC2)cc1C. The molecular weight excluding hydrogens is 360 g/mol. The number of aryl methyl sites for hydroxylation is 1. The summed E-state index contributed by atoms with van der Waals surface area (Å²) < 4.78 is 5.63. The normalized spacial score (nSPS) is 16.0. The van der Waals surface area contributed by atoms with Crippen LogP contribution in [0.15, 0.2) is 36.5 Å². The number of hydrogen-bond donors (Lipinski definition) is 1. The van der Waals surface area contributed by atoms with E-state index in [1.165, 1.54) is 6.42 Å². The summed E-state index contributed by atoms with van der Waals surface area (Å²) in [6, 6.07) is 9.63. The van der Waals surface area contributed by atoms with Crippen molar-refractivity contribution >= 4 is 23.2 Å². The molecule has 0 atom stereocenters. The van der Waals surface area contributed by atoms with Crippen LogP contribution >= 0.6 is 11.6 Å². The third-order valence-electron chi connectivity index (χ3n) is 5.27. The summed E-state index contributed by atoms with van der Waals surface area (Å²) in [5.74, 6) is 0.660. The number of carbonyl (C=O) groups excluding carboxylic acids is 1. The number of aromatic nitrogens is 1. The van der Waals surface area contributed by atoms with E-state index in [0.29, 0.717) is 23.2 Å². The van der Waals surface area contributed by atoms with Crippen molar-refractivity contribution in [3.05, 3.63) is 52.7 Å². The molecule has 0 radical (unpaired) electrons. The zero-order chi connectivity index (χ0) is 19.3. The second kappa shape index (κ2) is 8.75. The Morgan fingerprint density at radius 3 is 2.56 bits per heavy atom. The number of nitrogens with one attached hydrogen (secondary N) is 1. The molecule has 1 saturated carbocycles. The number of hydrogen-bond acceptors (Lipinski definition) is 3. The van der Waals surface area contributed by atoms with Gasteiger partial charge >= 0.3 is 0 Å². The predicted molar refractivity (Wildman–Crippen MR) is 110 cm³/mol. The lowest BCUT2D eigenvalue weighted by molar-refractivity contribution is -0.122. The van der Waals surface area contributed by atoms with Gasteiger partial charge in [-0.15, -0.1) is 0 Å². The summed E-state index contributed by atoms with van der Waals surface area (Å²) in [7, 11) is 0. The van der Waals surface area contributed by atoms with Crippen molar-refractivity contribution in [2.24, 2.45) is 0 Å². The van der Waals surface area contributed by atoms with E-state index in [1.807, 2.05) is 37.3 Å². The van der Waals surface area contributed by atoms with Gasteiger partial charge in [0, 0.05) is 10.6 Å². The molecule has 1 aliphatic rings. The molecule has 0 saturated heterocycles. The molecule has 1 aromatic carbocycles. The maximum Gasteiger partial charge on any atom is 0.235 e. The fraction of sp³-hybridized carbons (Fsp3) is 0.455. The van der Waals surface area contributed by atoms with Crippen LogP contribution in [0, 0.1) is 6.92 Å². The number of halogens is 1. The zero-order valence-electron chi connectivity index (χ0n) is 16.1. The second-order valence-electron chi connectivity index (χ2n) is 7.30. The largest absolute Gasteiger partial charge is 0.477 e. The molecule has 27 heavy (non-hydrogen) atoms. The quantitative estimate of drug-likeness (QED) is 0.695. The van der Waals surface area contributed by atoms with Gasteiger partial charge in [0.1, 0.15) is 0 Å². The van der Waals surface area contributed by atoms with Crippen LogP contribution in [-0.2, 0) is 10.2 Å². The van der Waals surface area contributed by atoms with Crippen LogP contribution in [0.25, 0.3) is 0 Å². The fourth-order valence-electron chi connectivity index (χ4n) is 3.80. The number of pyridine rings is 1. The minimum atomic E-state index is -0.506. The van der Waals surface area contributed by atoms with Crippen LogP contribution in [0.5, 0.6) is 5.88 Å². The van der Waals surface area contributed by atoms with E-state index in [0.717, 1.165) is 43.2 Å². The molecule has 0 unspecified atom stereocenters. The highest BCUT2D eigenvalue weighted by atomic mass is 35.5. The highest BCUT2D eigenvalue weighted by Crippen LogP contribution is 2.41. The molecule has 144 valence electrons. The van der Waals surface area contributed by atoms with E-state index < -0.39 is 5.41 Å². The molecule has 0 aliphatic heterocycles. The van der Waals surface area contributed by atoms with Crippen LogP contribution < -0.4 is 10.1 Å². The molecule has 1 amide bonds. The molecule has 4 nitrogen and oxygen atoms in total. The van der Waals surface area contributed by atoms with Gasteiger partial charge in [-0.05, 0) is 49.9 Å². The van der Waals surface area contributed by atoms with Gasteiger partial charge in [-0.1, -0.05) is 49.9 Å². The lowest BCUT2D eigenvalue weighted by Gasteiger charge is -2.36. The smallest absolute Gasteiger partial charge is 0.235 e. The number of anilines is 1. The Morgan fingerprint density at radius 2 is 1.93 bits per heavy atom. The monoisotopic (exact) mass is 386 g/mol. The predicted octanol–water partition coefficient (Wildman–Crippen LogP) is 5.67. The second-order valence-corrected chi connectivity index (χ2v) is 7.73. The van der Waals surface area contributed by atoms with E-state index in [2.05, 4.69) is 17.2 Å². The average molecular weight is 387 g/mol. The summed E-state index contributed by atoms with van der Waals surface area (Å²) in [6.45, 7) is 4.65.